The van der Waals surface area contributed by atoms with Gasteiger partial charge in [-0.05, 0) is 37.1 Å². The molecule has 2 saturated heterocycles. The van der Waals surface area contributed by atoms with E-state index in [1.54, 1.807) is 12.1 Å². The van der Waals surface area contributed by atoms with Crippen molar-refractivity contribution in [3.8, 4) is 5.75 Å². The normalized spacial score (nSPS) is 25.2. The molecule has 3 rings (SSSR count). The zero-order valence-electron chi connectivity index (χ0n) is 12.5. The third-order valence-corrected chi connectivity index (χ3v) is 4.62. The highest BCUT2D eigenvalue weighted by Crippen LogP contribution is 2.31. The Labute approximate surface area is 124 Å². The Morgan fingerprint density at radius 1 is 1.43 bits per heavy atom. The molecule has 0 radical (unpaired) electrons. The molecule has 2 heterocycles. The summed E-state index contributed by atoms with van der Waals surface area (Å²) in [5.41, 5.74) is 0.702. The van der Waals surface area contributed by atoms with E-state index < -0.39 is 5.82 Å². The van der Waals surface area contributed by atoms with Gasteiger partial charge < -0.3 is 14.5 Å². The minimum atomic E-state index is -0.414. The summed E-state index contributed by atoms with van der Waals surface area (Å²) in [5.74, 6) is 0.501. The van der Waals surface area contributed by atoms with Gasteiger partial charge in [-0.3, -0.25) is 4.79 Å². The number of hydrogen-bond acceptors (Lipinski definition) is 3. The Morgan fingerprint density at radius 3 is 2.95 bits per heavy atom. The van der Waals surface area contributed by atoms with Crippen LogP contribution in [0.4, 0.5) is 4.39 Å². The number of carbonyl (C=O) groups is 1. The Morgan fingerprint density at radius 2 is 2.24 bits per heavy atom. The van der Waals surface area contributed by atoms with Gasteiger partial charge in [0, 0.05) is 25.7 Å². The van der Waals surface area contributed by atoms with Crippen LogP contribution in [-0.2, 0) is 11.2 Å². The molecular weight excluding hydrogens is 271 g/mol. The van der Waals surface area contributed by atoms with Crippen LogP contribution >= 0.6 is 0 Å². The summed E-state index contributed by atoms with van der Waals surface area (Å²) in [6.07, 6.45) is 1.34. The Hall–Kier alpha value is -1.62. The standard InChI is InChI=1S/C16H21FN2O2/c1-18-9-12-5-6-19(14(12)10-18)16(20)8-11-3-4-15(21-2)13(17)7-11/h3-4,7,12,14H,5-6,8-10H2,1-2H3/t12-,14+/m0/s1. The topological polar surface area (TPSA) is 32.8 Å². The van der Waals surface area contributed by atoms with Crippen molar-refractivity contribution in [3.05, 3.63) is 29.6 Å². The maximum atomic E-state index is 13.7. The molecule has 2 aliphatic heterocycles. The molecule has 4 nitrogen and oxygen atoms in total. The van der Waals surface area contributed by atoms with Gasteiger partial charge in [-0.2, -0.15) is 0 Å². The van der Waals surface area contributed by atoms with E-state index in [1.165, 1.54) is 13.2 Å². The molecule has 0 aromatic heterocycles. The summed E-state index contributed by atoms with van der Waals surface area (Å²) >= 11 is 0. The molecule has 2 aliphatic rings. The molecule has 2 atom stereocenters. The second-order valence-corrected chi connectivity index (χ2v) is 6.07. The quantitative estimate of drug-likeness (QED) is 0.847. The van der Waals surface area contributed by atoms with Gasteiger partial charge in [-0.1, -0.05) is 6.07 Å². The first-order valence-corrected chi connectivity index (χ1v) is 7.39. The number of carbonyl (C=O) groups excluding carboxylic acids is 1. The number of ether oxygens (including phenoxy) is 1. The highest BCUT2D eigenvalue weighted by molar-refractivity contribution is 5.79. The van der Waals surface area contributed by atoms with Gasteiger partial charge in [-0.15, -0.1) is 0 Å². The van der Waals surface area contributed by atoms with Crippen molar-refractivity contribution in [1.29, 1.82) is 0 Å². The van der Waals surface area contributed by atoms with Gasteiger partial charge >= 0.3 is 0 Å². The van der Waals surface area contributed by atoms with E-state index >= 15 is 0 Å². The van der Waals surface area contributed by atoms with Crippen LogP contribution in [-0.4, -0.2) is 55.5 Å². The lowest BCUT2D eigenvalue weighted by Gasteiger charge is -2.24. The highest BCUT2D eigenvalue weighted by atomic mass is 19.1. The number of methoxy groups -OCH3 is 1. The fourth-order valence-corrected chi connectivity index (χ4v) is 3.58. The van der Waals surface area contributed by atoms with Crippen molar-refractivity contribution < 1.29 is 13.9 Å². The van der Waals surface area contributed by atoms with Crippen molar-refractivity contribution in [2.75, 3.05) is 33.8 Å². The summed E-state index contributed by atoms with van der Waals surface area (Å²) in [6.45, 7) is 2.86. The van der Waals surface area contributed by atoms with Crippen LogP contribution in [0.25, 0.3) is 0 Å². The molecule has 0 aliphatic carbocycles. The third kappa shape index (κ3) is 2.75. The molecule has 114 valence electrons. The van der Waals surface area contributed by atoms with Crippen molar-refractivity contribution in [2.24, 2.45) is 5.92 Å². The lowest BCUT2D eigenvalue weighted by Crippen LogP contribution is -2.40. The predicted molar refractivity (Wildman–Crippen MR) is 77.8 cm³/mol. The Balaban J connectivity index is 1.68. The smallest absolute Gasteiger partial charge is 0.227 e. The molecule has 1 amide bonds. The predicted octanol–water partition coefficient (Wildman–Crippen LogP) is 1.54. The number of likely N-dealkylation sites (tertiary alicyclic amines) is 2. The summed E-state index contributed by atoms with van der Waals surface area (Å²) in [6, 6.07) is 5.07. The molecule has 0 spiro atoms. The van der Waals surface area contributed by atoms with E-state index in [0.717, 1.165) is 26.1 Å². The van der Waals surface area contributed by atoms with Crippen LogP contribution in [0.1, 0.15) is 12.0 Å². The third-order valence-electron chi connectivity index (χ3n) is 4.62. The maximum absolute atomic E-state index is 13.7. The molecule has 1 aromatic carbocycles. The Bertz CT molecular complexity index is 549. The minimum absolute atomic E-state index is 0.0994. The zero-order valence-corrected chi connectivity index (χ0v) is 12.5. The lowest BCUT2D eigenvalue weighted by atomic mass is 10.0. The molecule has 2 fully saturated rings. The SMILES string of the molecule is COc1ccc(CC(=O)N2CC[C@H]3CN(C)C[C@H]32)cc1F. The molecule has 21 heavy (non-hydrogen) atoms. The number of nitrogens with zero attached hydrogens (tertiary/aromatic N) is 2. The van der Waals surface area contributed by atoms with E-state index in [9.17, 15) is 9.18 Å². The van der Waals surface area contributed by atoms with E-state index in [2.05, 4.69) is 11.9 Å². The van der Waals surface area contributed by atoms with Gasteiger partial charge in [-0.25, -0.2) is 4.39 Å². The molecule has 1 aromatic rings. The number of rotatable bonds is 3. The number of likely N-dealkylation sites (N-methyl/N-ethyl adjacent to an activating group) is 1. The fourth-order valence-electron chi connectivity index (χ4n) is 3.58. The number of benzene rings is 1. The largest absolute Gasteiger partial charge is 0.494 e. The minimum Gasteiger partial charge on any atom is -0.494 e. The van der Waals surface area contributed by atoms with Gasteiger partial charge in [0.05, 0.1) is 13.5 Å². The molecule has 0 N–H and O–H groups in total. The van der Waals surface area contributed by atoms with Crippen LogP contribution in [0.2, 0.25) is 0 Å². The van der Waals surface area contributed by atoms with Crippen molar-refractivity contribution in [2.45, 2.75) is 18.9 Å². The zero-order chi connectivity index (χ0) is 15.0. The molecule has 0 bridgehead atoms. The van der Waals surface area contributed by atoms with Crippen LogP contribution in [0, 0.1) is 11.7 Å². The second-order valence-electron chi connectivity index (χ2n) is 6.07. The second kappa shape index (κ2) is 5.64. The van der Waals surface area contributed by atoms with E-state index in [1.807, 2.05) is 4.90 Å². The van der Waals surface area contributed by atoms with Gasteiger partial charge in [0.15, 0.2) is 11.6 Å². The number of hydrogen-bond donors (Lipinski definition) is 0. The lowest BCUT2D eigenvalue weighted by molar-refractivity contribution is -0.131. The molecule has 0 unspecified atom stereocenters. The number of halogens is 1. The van der Waals surface area contributed by atoms with Gasteiger partial charge in [0.1, 0.15) is 0 Å². The summed E-state index contributed by atoms with van der Waals surface area (Å²) in [4.78, 5) is 16.7. The average Bonchev–Trinajstić information content (AvgIpc) is 2.97. The van der Waals surface area contributed by atoms with Crippen molar-refractivity contribution in [1.82, 2.24) is 9.80 Å². The fraction of sp³-hybridized carbons (Fsp3) is 0.562. The maximum Gasteiger partial charge on any atom is 0.227 e. The molecule has 5 heteroatoms. The van der Waals surface area contributed by atoms with Crippen LogP contribution in [0.15, 0.2) is 18.2 Å². The van der Waals surface area contributed by atoms with E-state index in [-0.39, 0.29) is 18.1 Å². The number of amides is 1. The van der Waals surface area contributed by atoms with E-state index in [0.29, 0.717) is 17.5 Å². The molecular formula is C16H21FN2O2. The Kier molecular flexibility index (Phi) is 3.85. The van der Waals surface area contributed by atoms with Crippen LogP contribution in [0.3, 0.4) is 0 Å². The van der Waals surface area contributed by atoms with Crippen molar-refractivity contribution in [3.63, 3.8) is 0 Å². The molecule has 0 saturated carbocycles. The average molecular weight is 292 g/mol. The first-order chi connectivity index (χ1) is 10.1. The summed E-state index contributed by atoms with van der Waals surface area (Å²) in [7, 11) is 3.53. The first-order valence-electron chi connectivity index (χ1n) is 7.39. The highest BCUT2D eigenvalue weighted by Gasteiger charge is 2.41. The first kappa shape index (κ1) is 14.3. The summed E-state index contributed by atoms with van der Waals surface area (Å²) in [5, 5.41) is 0. The monoisotopic (exact) mass is 292 g/mol. The van der Waals surface area contributed by atoms with Crippen LogP contribution < -0.4 is 4.74 Å². The van der Waals surface area contributed by atoms with Gasteiger partial charge in [0.25, 0.3) is 0 Å². The van der Waals surface area contributed by atoms with E-state index in [4.69, 9.17) is 4.74 Å². The van der Waals surface area contributed by atoms with Crippen molar-refractivity contribution >= 4 is 5.91 Å². The van der Waals surface area contributed by atoms with Crippen LogP contribution in [0.5, 0.6) is 5.75 Å². The number of fused-ring (bicyclic) bond motifs is 1. The van der Waals surface area contributed by atoms with Gasteiger partial charge in [0.2, 0.25) is 5.91 Å². The summed E-state index contributed by atoms with van der Waals surface area (Å²) < 4.78 is 18.6.